The van der Waals surface area contributed by atoms with Gasteiger partial charge in [0.2, 0.25) is 5.95 Å². The van der Waals surface area contributed by atoms with Gasteiger partial charge in [-0.15, -0.1) is 0 Å². The molecule has 8 nitrogen and oxygen atoms in total. The zero-order valence-electron chi connectivity index (χ0n) is 15.6. The van der Waals surface area contributed by atoms with Gasteiger partial charge in [0.15, 0.2) is 5.76 Å². The molecule has 140 valence electrons. The van der Waals surface area contributed by atoms with Crippen LogP contribution in [0, 0.1) is 6.92 Å². The maximum absolute atomic E-state index is 12.4. The van der Waals surface area contributed by atoms with E-state index in [1.54, 1.807) is 12.1 Å². The average molecular weight is 358 g/mol. The standard InChI is InChI=1S/C18H26N6O2/c1-14-13-16(21-18(20-14)19-6-7-22(2)3)23-8-10-24(11-9-23)17(25)15-5-4-12-26-15/h4-5,12-13H,6-11H2,1-3H3,(H,19,20,21). The highest BCUT2D eigenvalue weighted by Gasteiger charge is 2.24. The number of hydrogen-bond donors (Lipinski definition) is 1. The van der Waals surface area contributed by atoms with Crippen molar-refractivity contribution in [2.24, 2.45) is 0 Å². The fourth-order valence-electron chi connectivity index (χ4n) is 2.88. The van der Waals surface area contributed by atoms with Crippen LogP contribution in [0.15, 0.2) is 28.9 Å². The number of aromatic nitrogens is 2. The van der Waals surface area contributed by atoms with Crippen LogP contribution in [0.3, 0.4) is 0 Å². The zero-order valence-corrected chi connectivity index (χ0v) is 15.6. The molecule has 0 atom stereocenters. The lowest BCUT2D eigenvalue weighted by molar-refractivity contribution is 0.0714. The normalized spacial score (nSPS) is 14.8. The van der Waals surface area contributed by atoms with Crippen LogP contribution in [-0.2, 0) is 0 Å². The number of anilines is 2. The molecule has 0 aromatic carbocycles. The van der Waals surface area contributed by atoms with Gasteiger partial charge < -0.3 is 24.4 Å². The van der Waals surface area contributed by atoms with E-state index in [0.717, 1.165) is 37.7 Å². The van der Waals surface area contributed by atoms with Crippen molar-refractivity contribution in [3.63, 3.8) is 0 Å². The molecule has 2 aromatic heterocycles. The molecule has 1 aliphatic heterocycles. The van der Waals surface area contributed by atoms with Gasteiger partial charge in [0.25, 0.3) is 5.91 Å². The monoisotopic (exact) mass is 358 g/mol. The second kappa shape index (κ2) is 8.18. The highest BCUT2D eigenvalue weighted by atomic mass is 16.3. The molecule has 0 radical (unpaired) electrons. The minimum atomic E-state index is -0.0560. The summed E-state index contributed by atoms with van der Waals surface area (Å²) in [5, 5.41) is 3.27. The quantitative estimate of drug-likeness (QED) is 0.834. The fourth-order valence-corrected chi connectivity index (χ4v) is 2.88. The Morgan fingerprint density at radius 2 is 2.04 bits per heavy atom. The number of rotatable bonds is 6. The van der Waals surface area contributed by atoms with Gasteiger partial charge in [0, 0.05) is 51.0 Å². The molecule has 1 aliphatic rings. The Labute approximate surface area is 153 Å². The van der Waals surface area contributed by atoms with Gasteiger partial charge in [-0.1, -0.05) is 0 Å². The van der Waals surface area contributed by atoms with E-state index in [4.69, 9.17) is 4.42 Å². The van der Waals surface area contributed by atoms with Crippen LogP contribution in [0.5, 0.6) is 0 Å². The molecule has 1 N–H and O–H groups in total. The number of hydrogen-bond acceptors (Lipinski definition) is 7. The lowest BCUT2D eigenvalue weighted by atomic mass is 10.2. The number of nitrogens with one attached hydrogen (secondary N) is 1. The molecule has 0 saturated carbocycles. The van der Waals surface area contributed by atoms with Crippen molar-refractivity contribution in [1.29, 1.82) is 0 Å². The van der Waals surface area contributed by atoms with Crippen LogP contribution in [-0.4, -0.2) is 79.0 Å². The van der Waals surface area contributed by atoms with Gasteiger partial charge >= 0.3 is 0 Å². The maximum Gasteiger partial charge on any atom is 0.289 e. The summed E-state index contributed by atoms with van der Waals surface area (Å²) in [6.07, 6.45) is 1.53. The van der Waals surface area contributed by atoms with E-state index < -0.39 is 0 Å². The van der Waals surface area contributed by atoms with Crippen molar-refractivity contribution in [2.45, 2.75) is 6.92 Å². The topological polar surface area (TPSA) is 77.7 Å². The van der Waals surface area contributed by atoms with E-state index in [9.17, 15) is 4.79 Å². The molecule has 3 rings (SSSR count). The predicted molar refractivity (Wildman–Crippen MR) is 101 cm³/mol. The molecule has 3 heterocycles. The summed E-state index contributed by atoms with van der Waals surface area (Å²) < 4.78 is 5.21. The highest BCUT2D eigenvalue weighted by Crippen LogP contribution is 2.18. The van der Waals surface area contributed by atoms with Crippen molar-refractivity contribution in [1.82, 2.24) is 19.8 Å². The van der Waals surface area contributed by atoms with E-state index in [1.165, 1.54) is 6.26 Å². The zero-order chi connectivity index (χ0) is 18.5. The molecule has 26 heavy (non-hydrogen) atoms. The molecule has 1 fully saturated rings. The number of nitrogens with zero attached hydrogens (tertiary/aromatic N) is 5. The first-order chi connectivity index (χ1) is 12.5. The van der Waals surface area contributed by atoms with Crippen LogP contribution < -0.4 is 10.2 Å². The van der Waals surface area contributed by atoms with Crippen LogP contribution >= 0.6 is 0 Å². The Bertz CT molecular complexity index is 723. The summed E-state index contributed by atoms with van der Waals surface area (Å²) in [6.45, 7) is 6.44. The molecular formula is C18H26N6O2. The van der Waals surface area contributed by atoms with E-state index in [1.807, 2.05) is 32.0 Å². The second-order valence-corrected chi connectivity index (χ2v) is 6.68. The Morgan fingerprint density at radius 3 is 2.69 bits per heavy atom. The van der Waals surface area contributed by atoms with Gasteiger partial charge in [-0.3, -0.25) is 4.79 Å². The number of carbonyl (C=O) groups is 1. The molecule has 2 aromatic rings. The summed E-state index contributed by atoms with van der Waals surface area (Å²) in [5.74, 6) is 1.88. The SMILES string of the molecule is Cc1cc(N2CCN(C(=O)c3ccco3)CC2)nc(NCCN(C)C)n1. The van der Waals surface area contributed by atoms with Crippen LogP contribution in [0.25, 0.3) is 0 Å². The van der Waals surface area contributed by atoms with Gasteiger partial charge in [-0.05, 0) is 33.2 Å². The van der Waals surface area contributed by atoms with Crippen molar-refractivity contribution < 1.29 is 9.21 Å². The lowest BCUT2D eigenvalue weighted by Gasteiger charge is -2.35. The lowest BCUT2D eigenvalue weighted by Crippen LogP contribution is -2.49. The number of likely N-dealkylation sites (N-methyl/N-ethyl adjacent to an activating group) is 1. The molecular weight excluding hydrogens is 332 g/mol. The average Bonchev–Trinajstić information content (AvgIpc) is 3.15. The Kier molecular flexibility index (Phi) is 5.72. The molecule has 8 heteroatoms. The summed E-state index contributed by atoms with van der Waals surface area (Å²) >= 11 is 0. The van der Waals surface area contributed by atoms with Gasteiger partial charge in [-0.2, -0.15) is 4.98 Å². The summed E-state index contributed by atoms with van der Waals surface area (Å²) in [6, 6.07) is 5.42. The summed E-state index contributed by atoms with van der Waals surface area (Å²) in [4.78, 5) is 27.6. The van der Waals surface area contributed by atoms with E-state index in [0.29, 0.717) is 24.8 Å². The number of carbonyl (C=O) groups excluding carboxylic acids is 1. The maximum atomic E-state index is 12.4. The molecule has 0 aliphatic carbocycles. The van der Waals surface area contributed by atoms with Crippen LogP contribution in [0.1, 0.15) is 16.2 Å². The Balaban J connectivity index is 1.60. The van der Waals surface area contributed by atoms with E-state index in [2.05, 4.69) is 25.1 Å². The number of amides is 1. The van der Waals surface area contributed by atoms with Crippen molar-refractivity contribution in [2.75, 3.05) is 63.6 Å². The number of furan rings is 1. The molecule has 0 unspecified atom stereocenters. The fraction of sp³-hybridized carbons (Fsp3) is 0.500. The van der Waals surface area contributed by atoms with E-state index >= 15 is 0 Å². The summed E-state index contributed by atoms with van der Waals surface area (Å²) in [5.41, 5.74) is 0.927. The number of piperazine rings is 1. The molecule has 1 saturated heterocycles. The third-order valence-electron chi connectivity index (χ3n) is 4.31. The number of aryl methyl sites for hydroxylation is 1. The van der Waals surface area contributed by atoms with Crippen LogP contribution in [0.4, 0.5) is 11.8 Å². The van der Waals surface area contributed by atoms with Crippen molar-refractivity contribution in [3.8, 4) is 0 Å². The van der Waals surface area contributed by atoms with Gasteiger partial charge in [-0.25, -0.2) is 4.98 Å². The molecule has 0 bridgehead atoms. The van der Waals surface area contributed by atoms with Gasteiger partial charge in [0.05, 0.1) is 6.26 Å². The molecule has 1 amide bonds. The third kappa shape index (κ3) is 4.51. The Hall–Kier alpha value is -2.61. The minimum absolute atomic E-state index is 0.0560. The highest BCUT2D eigenvalue weighted by molar-refractivity contribution is 5.91. The summed E-state index contributed by atoms with van der Waals surface area (Å²) in [7, 11) is 4.07. The van der Waals surface area contributed by atoms with Crippen LogP contribution in [0.2, 0.25) is 0 Å². The largest absolute Gasteiger partial charge is 0.459 e. The first kappa shape index (κ1) is 18.2. The first-order valence-corrected chi connectivity index (χ1v) is 8.85. The third-order valence-corrected chi connectivity index (χ3v) is 4.31. The molecule has 0 spiro atoms. The van der Waals surface area contributed by atoms with E-state index in [-0.39, 0.29) is 5.91 Å². The minimum Gasteiger partial charge on any atom is -0.459 e. The van der Waals surface area contributed by atoms with Crippen molar-refractivity contribution >= 4 is 17.7 Å². The smallest absolute Gasteiger partial charge is 0.289 e. The predicted octanol–water partition coefficient (Wildman–Crippen LogP) is 1.31. The van der Waals surface area contributed by atoms with Crippen molar-refractivity contribution in [3.05, 3.63) is 35.9 Å². The van der Waals surface area contributed by atoms with Gasteiger partial charge in [0.1, 0.15) is 5.82 Å². The first-order valence-electron chi connectivity index (χ1n) is 8.85. The Morgan fingerprint density at radius 1 is 1.27 bits per heavy atom. The second-order valence-electron chi connectivity index (χ2n) is 6.68.